The molecule has 0 atom stereocenters. The Balaban J connectivity index is 2.71. The number of carbonyl (C=O) groups is 3. The zero-order chi connectivity index (χ0) is 19.3. The van der Waals surface area contributed by atoms with Gasteiger partial charge in [0, 0.05) is 10.7 Å². The van der Waals surface area contributed by atoms with E-state index in [0.29, 0.717) is 10.2 Å². The number of hydrogen-bond acceptors (Lipinski definition) is 7. The van der Waals surface area contributed by atoms with Crippen molar-refractivity contribution in [1.82, 2.24) is 0 Å². The van der Waals surface area contributed by atoms with Crippen LogP contribution in [0.5, 0.6) is 0 Å². The van der Waals surface area contributed by atoms with E-state index >= 15 is 0 Å². The van der Waals surface area contributed by atoms with Crippen LogP contribution < -0.4 is 4.90 Å². The second-order valence-corrected chi connectivity index (χ2v) is 5.83. The summed E-state index contributed by atoms with van der Waals surface area (Å²) in [7, 11) is 3.70. The fraction of sp³-hybridized carbons (Fsp3) is 0.167. The summed E-state index contributed by atoms with van der Waals surface area (Å²) in [5.41, 5.74) is 0.682. The van der Waals surface area contributed by atoms with Crippen LogP contribution in [0, 0.1) is 0 Å². The highest BCUT2D eigenvalue weighted by Gasteiger charge is 2.28. The molecular weight excluding hydrogens is 406 g/mol. The monoisotopic (exact) mass is 421 g/mol. The molecule has 1 aromatic carbocycles. The summed E-state index contributed by atoms with van der Waals surface area (Å²) in [5.74, 6) is -1.97. The van der Waals surface area contributed by atoms with Crippen molar-refractivity contribution >= 4 is 39.5 Å². The van der Waals surface area contributed by atoms with Crippen molar-refractivity contribution < 1.29 is 28.6 Å². The van der Waals surface area contributed by atoms with Gasteiger partial charge in [-0.05, 0) is 46.3 Å². The highest BCUT2D eigenvalue weighted by atomic mass is 79.9. The molecule has 8 heteroatoms. The van der Waals surface area contributed by atoms with Gasteiger partial charge in [-0.25, -0.2) is 14.4 Å². The van der Waals surface area contributed by atoms with Gasteiger partial charge in [0.25, 0.3) is 0 Å². The predicted molar refractivity (Wildman–Crippen MR) is 97.3 cm³/mol. The first-order valence-electron chi connectivity index (χ1n) is 7.37. The lowest BCUT2D eigenvalue weighted by Gasteiger charge is -2.24. The second kappa shape index (κ2) is 8.48. The van der Waals surface area contributed by atoms with Crippen molar-refractivity contribution in [3.63, 3.8) is 0 Å². The summed E-state index contributed by atoms with van der Waals surface area (Å²) in [5, 5.41) is 0. The third-order valence-electron chi connectivity index (χ3n) is 3.52. The number of anilines is 1. The molecular formula is C18H16BrNO6. The molecule has 1 aliphatic rings. The summed E-state index contributed by atoms with van der Waals surface area (Å²) in [4.78, 5) is 37.9. The van der Waals surface area contributed by atoms with Crippen LogP contribution in [0.25, 0.3) is 0 Å². The molecule has 26 heavy (non-hydrogen) atoms. The lowest BCUT2D eigenvalue weighted by atomic mass is 10.1. The Kier molecular flexibility index (Phi) is 6.35. The van der Waals surface area contributed by atoms with Gasteiger partial charge in [-0.2, -0.15) is 0 Å². The summed E-state index contributed by atoms with van der Waals surface area (Å²) in [6.45, 7) is 0. The normalized spacial score (nSPS) is 13.3. The summed E-state index contributed by atoms with van der Waals surface area (Å²) >= 11 is 3.40. The predicted octanol–water partition coefficient (Wildman–Crippen LogP) is 2.73. The maximum absolute atomic E-state index is 12.4. The quantitative estimate of drug-likeness (QED) is 0.545. The Morgan fingerprint density at radius 2 is 1.58 bits per heavy atom. The molecule has 2 rings (SSSR count). The summed E-state index contributed by atoms with van der Waals surface area (Å²) in [6, 6.07) is 4.74. The largest absolute Gasteiger partial charge is 0.465 e. The molecule has 0 saturated heterocycles. The Hall–Kier alpha value is -2.87. The first-order valence-corrected chi connectivity index (χ1v) is 8.16. The van der Waals surface area contributed by atoms with Gasteiger partial charge in [-0.15, -0.1) is 0 Å². The molecule has 0 amide bonds. The Bertz CT molecular complexity index is 840. The van der Waals surface area contributed by atoms with Crippen LogP contribution in [0.2, 0.25) is 0 Å². The Labute approximate surface area is 158 Å². The topological polar surface area (TPSA) is 82.1 Å². The van der Waals surface area contributed by atoms with Crippen LogP contribution in [0.15, 0.2) is 58.4 Å². The number of ether oxygens (including phenoxy) is 3. The highest BCUT2D eigenvalue weighted by molar-refractivity contribution is 9.10. The zero-order valence-corrected chi connectivity index (χ0v) is 15.9. The average Bonchev–Trinajstić information content (AvgIpc) is 2.89. The molecule has 0 spiro atoms. The van der Waals surface area contributed by atoms with Crippen molar-refractivity contribution in [2.24, 2.45) is 0 Å². The fourth-order valence-corrected chi connectivity index (χ4v) is 2.73. The molecule has 136 valence electrons. The minimum atomic E-state index is -0.739. The SMILES string of the molecule is COC(=O)C1=C(C(=O)OC)N(c2cc(C(=O)OC)ccc2Br)C=CC=C1. The van der Waals surface area contributed by atoms with Crippen molar-refractivity contribution in [3.8, 4) is 0 Å². The fourth-order valence-electron chi connectivity index (χ4n) is 2.29. The summed E-state index contributed by atoms with van der Waals surface area (Å²) < 4.78 is 14.9. The number of allylic oxidation sites excluding steroid dienone is 2. The molecule has 1 aromatic rings. The Morgan fingerprint density at radius 1 is 0.923 bits per heavy atom. The standard InChI is InChI=1S/C18H16BrNO6/c1-24-16(21)11-7-8-13(19)14(10-11)20-9-5-4-6-12(17(22)25-2)15(20)18(23)26-3/h4-10H,1-3H3. The van der Waals surface area contributed by atoms with E-state index < -0.39 is 17.9 Å². The number of rotatable bonds is 4. The number of nitrogens with zero attached hydrogens (tertiary/aromatic N) is 1. The molecule has 0 aliphatic carbocycles. The van der Waals surface area contributed by atoms with E-state index in [4.69, 9.17) is 14.2 Å². The zero-order valence-electron chi connectivity index (χ0n) is 14.3. The minimum Gasteiger partial charge on any atom is -0.465 e. The van der Waals surface area contributed by atoms with Gasteiger partial charge in [0.15, 0.2) is 0 Å². The third-order valence-corrected chi connectivity index (χ3v) is 4.19. The van der Waals surface area contributed by atoms with Gasteiger partial charge < -0.3 is 19.1 Å². The van der Waals surface area contributed by atoms with E-state index in [2.05, 4.69) is 15.9 Å². The van der Waals surface area contributed by atoms with Gasteiger partial charge in [0.1, 0.15) is 5.70 Å². The van der Waals surface area contributed by atoms with E-state index in [1.165, 1.54) is 38.4 Å². The molecule has 0 radical (unpaired) electrons. The molecule has 0 aromatic heterocycles. The molecule has 1 aliphatic heterocycles. The van der Waals surface area contributed by atoms with Crippen LogP contribution in [0.3, 0.4) is 0 Å². The molecule has 0 bridgehead atoms. The molecule has 7 nitrogen and oxygen atoms in total. The van der Waals surface area contributed by atoms with Crippen molar-refractivity contribution in [3.05, 3.63) is 63.9 Å². The second-order valence-electron chi connectivity index (χ2n) is 4.97. The van der Waals surface area contributed by atoms with Crippen LogP contribution in [0.4, 0.5) is 5.69 Å². The minimum absolute atomic E-state index is 0.0136. The number of carbonyl (C=O) groups excluding carboxylic acids is 3. The van der Waals surface area contributed by atoms with E-state index in [-0.39, 0.29) is 16.8 Å². The number of esters is 3. The Morgan fingerprint density at radius 3 is 2.19 bits per heavy atom. The molecule has 0 unspecified atom stereocenters. The van der Waals surface area contributed by atoms with E-state index in [1.54, 1.807) is 30.5 Å². The van der Waals surface area contributed by atoms with Crippen LogP contribution in [-0.2, 0) is 23.8 Å². The van der Waals surface area contributed by atoms with Gasteiger partial charge in [0.05, 0.1) is 38.2 Å². The number of benzene rings is 1. The van der Waals surface area contributed by atoms with Crippen LogP contribution in [0.1, 0.15) is 10.4 Å². The maximum Gasteiger partial charge on any atom is 0.355 e. The first-order chi connectivity index (χ1) is 12.4. The van der Waals surface area contributed by atoms with Gasteiger partial charge >= 0.3 is 17.9 Å². The molecule has 0 saturated carbocycles. The van der Waals surface area contributed by atoms with Crippen molar-refractivity contribution in [2.75, 3.05) is 26.2 Å². The number of methoxy groups -OCH3 is 3. The van der Waals surface area contributed by atoms with Gasteiger partial charge in [0.2, 0.25) is 0 Å². The number of hydrogen-bond donors (Lipinski definition) is 0. The molecule has 1 heterocycles. The maximum atomic E-state index is 12.4. The molecule has 0 fully saturated rings. The van der Waals surface area contributed by atoms with E-state index in [9.17, 15) is 14.4 Å². The van der Waals surface area contributed by atoms with E-state index in [1.807, 2.05) is 0 Å². The van der Waals surface area contributed by atoms with Crippen molar-refractivity contribution in [2.45, 2.75) is 0 Å². The lowest BCUT2D eigenvalue weighted by Crippen LogP contribution is -2.27. The smallest absolute Gasteiger partial charge is 0.355 e. The molecule has 0 N–H and O–H groups in total. The first kappa shape index (κ1) is 19.5. The van der Waals surface area contributed by atoms with Gasteiger partial charge in [-0.1, -0.05) is 6.08 Å². The van der Waals surface area contributed by atoms with Crippen LogP contribution in [-0.4, -0.2) is 39.2 Å². The third kappa shape index (κ3) is 3.85. The van der Waals surface area contributed by atoms with Crippen molar-refractivity contribution in [1.29, 1.82) is 0 Å². The van der Waals surface area contributed by atoms with Gasteiger partial charge in [-0.3, -0.25) is 0 Å². The summed E-state index contributed by atoms with van der Waals surface area (Å²) in [6.07, 6.45) is 6.25. The highest BCUT2D eigenvalue weighted by Crippen LogP contribution is 2.33. The lowest BCUT2D eigenvalue weighted by molar-refractivity contribution is -0.139. The number of halogens is 1. The average molecular weight is 422 g/mol. The van der Waals surface area contributed by atoms with Crippen LogP contribution >= 0.6 is 15.9 Å². The van der Waals surface area contributed by atoms with E-state index in [0.717, 1.165) is 0 Å².